The van der Waals surface area contributed by atoms with Crippen molar-refractivity contribution in [3.63, 3.8) is 0 Å². The molecule has 0 radical (unpaired) electrons. The number of rotatable bonds is 7. The molecule has 4 heteroatoms. The summed E-state index contributed by atoms with van der Waals surface area (Å²) in [6, 6.07) is 13.2. The molecule has 0 aliphatic carbocycles. The van der Waals surface area contributed by atoms with Gasteiger partial charge in [-0.1, -0.05) is 38.1 Å². The number of carboxylic acid groups (broad SMARTS) is 1. The number of hydrogen-bond acceptors (Lipinski definition) is 3. The molecule has 1 unspecified atom stereocenters. The standard InChI is InChI=1S/C20H24O4/c1-13(2)14-8-9-19(24-4)16(10-14)12-18(20(21)22)15-6-5-7-17(11-15)23-3/h5-11,13,18H,12H2,1-4H3,(H,21,22). The number of ether oxygens (including phenoxy) is 2. The molecular formula is C20H24O4. The van der Waals surface area contributed by atoms with Crippen LogP contribution < -0.4 is 9.47 Å². The van der Waals surface area contributed by atoms with E-state index in [1.165, 1.54) is 5.56 Å². The van der Waals surface area contributed by atoms with Crippen LogP contribution in [0.1, 0.15) is 42.4 Å². The quantitative estimate of drug-likeness (QED) is 0.826. The fourth-order valence-corrected chi connectivity index (χ4v) is 2.74. The number of aliphatic carboxylic acids is 1. The molecule has 0 aliphatic rings. The van der Waals surface area contributed by atoms with Crippen LogP contribution >= 0.6 is 0 Å². The number of benzene rings is 2. The SMILES string of the molecule is COc1cccc(C(Cc2cc(C(C)C)ccc2OC)C(=O)O)c1. The van der Waals surface area contributed by atoms with Gasteiger partial charge in [0.15, 0.2) is 0 Å². The van der Waals surface area contributed by atoms with Crippen molar-refractivity contribution in [3.05, 3.63) is 59.2 Å². The summed E-state index contributed by atoms with van der Waals surface area (Å²) < 4.78 is 10.6. The van der Waals surface area contributed by atoms with Gasteiger partial charge in [0.2, 0.25) is 0 Å². The van der Waals surface area contributed by atoms with E-state index in [0.717, 1.165) is 11.1 Å². The van der Waals surface area contributed by atoms with Crippen molar-refractivity contribution in [2.45, 2.75) is 32.1 Å². The van der Waals surface area contributed by atoms with Crippen LogP contribution in [-0.2, 0) is 11.2 Å². The largest absolute Gasteiger partial charge is 0.497 e. The molecule has 2 rings (SSSR count). The van der Waals surface area contributed by atoms with E-state index in [-0.39, 0.29) is 0 Å². The van der Waals surface area contributed by atoms with Gasteiger partial charge in [-0.05, 0) is 47.2 Å². The summed E-state index contributed by atoms with van der Waals surface area (Å²) in [5.41, 5.74) is 2.79. The summed E-state index contributed by atoms with van der Waals surface area (Å²) in [6.07, 6.45) is 0.367. The Kier molecular flexibility index (Phi) is 5.85. The fourth-order valence-electron chi connectivity index (χ4n) is 2.74. The second-order valence-electron chi connectivity index (χ2n) is 6.10. The third kappa shape index (κ3) is 4.07. The monoisotopic (exact) mass is 328 g/mol. The first-order valence-electron chi connectivity index (χ1n) is 7.99. The molecule has 1 N–H and O–H groups in total. The molecule has 2 aromatic carbocycles. The molecular weight excluding hydrogens is 304 g/mol. The van der Waals surface area contributed by atoms with Gasteiger partial charge in [-0.3, -0.25) is 4.79 Å². The first kappa shape index (κ1) is 17.9. The normalized spacial score (nSPS) is 12.0. The summed E-state index contributed by atoms with van der Waals surface area (Å²) in [5.74, 6) is 0.224. The molecule has 0 aromatic heterocycles. The zero-order valence-electron chi connectivity index (χ0n) is 14.6. The predicted molar refractivity (Wildman–Crippen MR) is 94.2 cm³/mol. The Morgan fingerprint density at radius 2 is 1.79 bits per heavy atom. The summed E-state index contributed by atoms with van der Waals surface area (Å²) in [7, 11) is 3.18. The summed E-state index contributed by atoms with van der Waals surface area (Å²) in [5, 5.41) is 9.71. The third-order valence-electron chi connectivity index (χ3n) is 4.19. The number of carbonyl (C=O) groups is 1. The van der Waals surface area contributed by atoms with Gasteiger partial charge in [0.1, 0.15) is 11.5 Å². The molecule has 0 bridgehead atoms. The van der Waals surface area contributed by atoms with Crippen molar-refractivity contribution in [1.29, 1.82) is 0 Å². The Morgan fingerprint density at radius 1 is 1.04 bits per heavy atom. The highest BCUT2D eigenvalue weighted by Crippen LogP contribution is 2.31. The van der Waals surface area contributed by atoms with Crippen molar-refractivity contribution in [2.75, 3.05) is 14.2 Å². The third-order valence-corrected chi connectivity index (χ3v) is 4.19. The van der Waals surface area contributed by atoms with E-state index < -0.39 is 11.9 Å². The molecule has 0 fully saturated rings. The van der Waals surface area contributed by atoms with E-state index in [9.17, 15) is 9.90 Å². The van der Waals surface area contributed by atoms with Crippen molar-refractivity contribution < 1.29 is 19.4 Å². The Labute approximate surface area is 143 Å². The molecule has 4 nitrogen and oxygen atoms in total. The van der Waals surface area contributed by atoms with Crippen molar-refractivity contribution >= 4 is 5.97 Å². The zero-order valence-corrected chi connectivity index (χ0v) is 14.6. The summed E-state index contributed by atoms with van der Waals surface area (Å²) >= 11 is 0. The highest BCUT2D eigenvalue weighted by Gasteiger charge is 2.23. The molecule has 0 aliphatic heterocycles. The van der Waals surface area contributed by atoms with Gasteiger partial charge in [0.05, 0.1) is 20.1 Å². The number of carboxylic acids is 1. The highest BCUT2D eigenvalue weighted by atomic mass is 16.5. The first-order chi connectivity index (χ1) is 11.5. The Hall–Kier alpha value is -2.49. The predicted octanol–water partition coefficient (Wildman–Crippen LogP) is 4.24. The second-order valence-corrected chi connectivity index (χ2v) is 6.10. The van der Waals surface area contributed by atoms with E-state index in [0.29, 0.717) is 23.8 Å². The van der Waals surface area contributed by atoms with Crippen LogP contribution in [0.25, 0.3) is 0 Å². The minimum absolute atomic E-state index is 0.367. The van der Waals surface area contributed by atoms with Gasteiger partial charge in [-0.2, -0.15) is 0 Å². The van der Waals surface area contributed by atoms with Gasteiger partial charge in [-0.15, -0.1) is 0 Å². The van der Waals surface area contributed by atoms with Gasteiger partial charge in [-0.25, -0.2) is 0 Å². The fraction of sp³-hybridized carbons (Fsp3) is 0.350. The lowest BCUT2D eigenvalue weighted by Crippen LogP contribution is -2.15. The average Bonchev–Trinajstić information content (AvgIpc) is 2.59. The number of methoxy groups -OCH3 is 2. The lowest BCUT2D eigenvalue weighted by Gasteiger charge is -2.17. The van der Waals surface area contributed by atoms with Crippen molar-refractivity contribution in [1.82, 2.24) is 0 Å². The average molecular weight is 328 g/mol. The van der Waals surface area contributed by atoms with Gasteiger partial charge in [0, 0.05) is 0 Å². The van der Waals surface area contributed by atoms with Crippen LogP contribution in [0.4, 0.5) is 0 Å². The van der Waals surface area contributed by atoms with E-state index in [2.05, 4.69) is 13.8 Å². The Bertz CT molecular complexity index is 707. The highest BCUT2D eigenvalue weighted by molar-refractivity contribution is 5.77. The van der Waals surface area contributed by atoms with Gasteiger partial charge >= 0.3 is 5.97 Å². The molecule has 24 heavy (non-hydrogen) atoms. The smallest absolute Gasteiger partial charge is 0.311 e. The van der Waals surface area contributed by atoms with E-state index >= 15 is 0 Å². The lowest BCUT2D eigenvalue weighted by molar-refractivity contribution is -0.138. The molecule has 0 amide bonds. The molecule has 0 spiro atoms. The molecule has 0 saturated heterocycles. The maximum atomic E-state index is 11.8. The topological polar surface area (TPSA) is 55.8 Å². The first-order valence-corrected chi connectivity index (χ1v) is 7.99. The maximum absolute atomic E-state index is 11.8. The van der Waals surface area contributed by atoms with Crippen LogP contribution in [0.5, 0.6) is 11.5 Å². The van der Waals surface area contributed by atoms with Gasteiger partial charge < -0.3 is 14.6 Å². The Balaban J connectivity index is 2.40. The van der Waals surface area contributed by atoms with Crippen molar-refractivity contribution in [2.24, 2.45) is 0 Å². The molecule has 0 heterocycles. The number of hydrogen-bond donors (Lipinski definition) is 1. The minimum atomic E-state index is -0.861. The van der Waals surface area contributed by atoms with Crippen LogP contribution in [0, 0.1) is 0 Å². The molecule has 2 aromatic rings. The second kappa shape index (κ2) is 7.86. The van der Waals surface area contributed by atoms with Crippen molar-refractivity contribution in [3.8, 4) is 11.5 Å². The van der Waals surface area contributed by atoms with E-state index in [1.54, 1.807) is 20.3 Å². The molecule has 1 atom stereocenters. The minimum Gasteiger partial charge on any atom is -0.497 e. The Morgan fingerprint density at radius 3 is 2.38 bits per heavy atom. The van der Waals surface area contributed by atoms with Crippen LogP contribution in [0.3, 0.4) is 0 Å². The van der Waals surface area contributed by atoms with Gasteiger partial charge in [0.25, 0.3) is 0 Å². The van der Waals surface area contributed by atoms with Crippen LogP contribution in [-0.4, -0.2) is 25.3 Å². The van der Waals surface area contributed by atoms with Crippen LogP contribution in [0.15, 0.2) is 42.5 Å². The zero-order chi connectivity index (χ0) is 17.7. The molecule has 0 saturated carbocycles. The van der Waals surface area contributed by atoms with E-state index in [1.807, 2.05) is 36.4 Å². The maximum Gasteiger partial charge on any atom is 0.311 e. The van der Waals surface area contributed by atoms with Crippen LogP contribution in [0.2, 0.25) is 0 Å². The summed E-state index contributed by atoms with van der Waals surface area (Å²) in [4.78, 5) is 11.8. The molecule has 128 valence electrons. The van der Waals surface area contributed by atoms with E-state index in [4.69, 9.17) is 9.47 Å². The summed E-state index contributed by atoms with van der Waals surface area (Å²) in [6.45, 7) is 4.23. The lowest BCUT2D eigenvalue weighted by atomic mass is 9.89.